The third-order valence-corrected chi connectivity index (χ3v) is 2.57. The molecule has 0 saturated carbocycles. The van der Waals surface area contributed by atoms with Crippen LogP contribution < -0.4 is 0 Å². The van der Waals surface area contributed by atoms with Crippen LogP contribution in [0.25, 0.3) is 0 Å². The number of hydrogen-bond donors (Lipinski definition) is 0. The van der Waals surface area contributed by atoms with E-state index >= 15 is 0 Å². The molecule has 0 radical (unpaired) electrons. The molecule has 4 nitrogen and oxygen atoms in total. The van der Waals surface area contributed by atoms with Gasteiger partial charge in [-0.2, -0.15) is 0 Å². The highest BCUT2D eigenvalue weighted by Gasteiger charge is 2.22. The summed E-state index contributed by atoms with van der Waals surface area (Å²) < 4.78 is 10.5. The zero-order chi connectivity index (χ0) is 12.0. The smallest absolute Gasteiger partial charge is 0.311 e. The Bertz CT molecular complexity index is 217. The van der Waals surface area contributed by atoms with Gasteiger partial charge in [0.05, 0.1) is 25.2 Å². The SMILES string of the molecule is CC(C)(C)C(=O)OCCCN1CCOCC1. The first kappa shape index (κ1) is 13.5. The van der Waals surface area contributed by atoms with Crippen molar-refractivity contribution >= 4 is 5.97 Å². The van der Waals surface area contributed by atoms with E-state index in [2.05, 4.69) is 4.90 Å². The maximum Gasteiger partial charge on any atom is 0.311 e. The van der Waals surface area contributed by atoms with Gasteiger partial charge < -0.3 is 9.47 Å². The van der Waals surface area contributed by atoms with Crippen LogP contribution in [0.4, 0.5) is 0 Å². The first-order chi connectivity index (χ1) is 7.50. The molecule has 0 amide bonds. The van der Waals surface area contributed by atoms with Crippen molar-refractivity contribution in [3.63, 3.8) is 0 Å². The molecular weight excluding hydrogens is 206 g/mol. The molecule has 1 saturated heterocycles. The summed E-state index contributed by atoms with van der Waals surface area (Å²) in [4.78, 5) is 13.8. The number of ether oxygens (including phenoxy) is 2. The highest BCUT2D eigenvalue weighted by atomic mass is 16.5. The molecule has 1 rings (SSSR count). The minimum Gasteiger partial charge on any atom is -0.465 e. The van der Waals surface area contributed by atoms with Crippen molar-refractivity contribution in [3.05, 3.63) is 0 Å². The lowest BCUT2D eigenvalue weighted by Crippen LogP contribution is -2.37. The van der Waals surface area contributed by atoms with E-state index in [0.29, 0.717) is 6.61 Å². The summed E-state index contributed by atoms with van der Waals surface area (Å²) >= 11 is 0. The summed E-state index contributed by atoms with van der Waals surface area (Å²) in [6, 6.07) is 0. The van der Waals surface area contributed by atoms with Gasteiger partial charge in [-0.3, -0.25) is 9.69 Å². The number of esters is 1. The second-order valence-corrected chi connectivity index (χ2v) is 5.19. The van der Waals surface area contributed by atoms with Gasteiger partial charge in [-0.15, -0.1) is 0 Å². The van der Waals surface area contributed by atoms with Gasteiger partial charge >= 0.3 is 5.97 Å². The van der Waals surface area contributed by atoms with Gasteiger partial charge in [0.1, 0.15) is 0 Å². The average molecular weight is 229 g/mol. The van der Waals surface area contributed by atoms with Crippen molar-refractivity contribution in [3.8, 4) is 0 Å². The normalized spacial score (nSPS) is 18.4. The predicted molar refractivity (Wildman–Crippen MR) is 62.3 cm³/mol. The van der Waals surface area contributed by atoms with E-state index in [1.165, 1.54) is 0 Å². The van der Waals surface area contributed by atoms with E-state index in [9.17, 15) is 4.79 Å². The van der Waals surface area contributed by atoms with Gasteiger partial charge in [-0.1, -0.05) is 0 Å². The van der Waals surface area contributed by atoms with Gasteiger partial charge in [0, 0.05) is 19.6 Å². The number of morpholine rings is 1. The number of carbonyl (C=O) groups excluding carboxylic acids is 1. The summed E-state index contributed by atoms with van der Waals surface area (Å²) in [5.74, 6) is -0.116. The Morgan fingerprint density at radius 3 is 2.50 bits per heavy atom. The quantitative estimate of drug-likeness (QED) is 0.538. The average Bonchev–Trinajstić information content (AvgIpc) is 2.24. The predicted octanol–water partition coefficient (Wildman–Crippen LogP) is 1.30. The van der Waals surface area contributed by atoms with Crippen LogP contribution in [0.2, 0.25) is 0 Å². The molecule has 1 fully saturated rings. The van der Waals surface area contributed by atoms with E-state index in [1.807, 2.05) is 20.8 Å². The summed E-state index contributed by atoms with van der Waals surface area (Å²) in [5, 5.41) is 0. The molecule has 1 heterocycles. The molecule has 0 aromatic heterocycles. The van der Waals surface area contributed by atoms with Gasteiger partial charge in [0.25, 0.3) is 0 Å². The van der Waals surface area contributed by atoms with Gasteiger partial charge in [0.15, 0.2) is 0 Å². The van der Waals surface area contributed by atoms with Crippen molar-refractivity contribution in [2.45, 2.75) is 27.2 Å². The molecule has 0 aliphatic carbocycles. The Morgan fingerprint density at radius 1 is 1.31 bits per heavy atom. The minimum absolute atomic E-state index is 0.116. The maximum absolute atomic E-state index is 11.5. The molecule has 0 bridgehead atoms. The van der Waals surface area contributed by atoms with E-state index in [1.54, 1.807) is 0 Å². The molecule has 1 aliphatic rings. The summed E-state index contributed by atoms with van der Waals surface area (Å²) in [6.07, 6.45) is 0.905. The van der Waals surface area contributed by atoms with Gasteiger partial charge in [-0.05, 0) is 27.2 Å². The molecule has 16 heavy (non-hydrogen) atoms. The Morgan fingerprint density at radius 2 is 1.94 bits per heavy atom. The molecule has 1 aliphatic heterocycles. The largest absolute Gasteiger partial charge is 0.465 e. The van der Waals surface area contributed by atoms with Crippen LogP contribution in [0.1, 0.15) is 27.2 Å². The number of nitrogens with zero attached hydrogens (tertiary/aromatic N) is 1. The van der Waals surface area contributed by atoms with Crippen molar-refractivity contribution in [2.24, 2.45) is 5.41 Å². The standard InChI is InChI=1S/C12H23NO3/c1-12(2,3)11(14)16-8-4-5-13-6-9-15-10-7-13/h4-10H2,1-3H3. The molecular formula is C12H23NO3. The molecule has 0 atom stereocenters. The zero-order valence-electron chi connectivity index (χ0n) is 10.6. The summed E-state index contributed by atoms with van der Waals surface area (Å²) in [6.45, 7) is 10.8. The van der Waals surface area contributed by atoms with E-state index in [4.69, 9.17) is 9.47 Å². The highest BCUT2D eigenvalue weighted by molar-refractivity contribution is 5.75. The fourth-order valence-corrected chi connectivity index (χ4v) is 1.49. The first-order valence-electron chi connectivity index (χ1n) is 5.97. The van der Waals surface area contributed by atoms with Crippen molar-refractivity contribution in [2.75, 3.05) is 39.5 Å². The van der Waals surface area contributed by atoms with E-state index < -0.39 is 0 Å². The van der Waals surface area contributed by atoms with Crippen molar-refractivity contribution < 1.29 is 14.3 Å². The van der Waals surface area contributed by atoms with Crippen LogP contribution in [0.3, 0.4) is 0 Å². The third-order valence-electron chi connectivity index (χ3n) is 2.57. The second-order valence-electron chi connectivity index (χ2n) is 5.19. The molecule has 0 unspecified atom stereocenters. The Hall–Kier alpha value is -0.610. The lowest BCUT2D eigenvalue weighted by Gasteiger charge is -2.26. The summed E-state index contributed by atoms with van der Waals surface area (Å²) in [5.41, 5.74) is -0.390. The van der Waals surface area contributed by atoms with Crippen LogP contribution in [0.5, 0.6) is 0 Å². The zero-order valence-corrected chi connectivity index (χ0v) is 10.6. The molecule has 0 spiro atoms. The van der Waals surface area contributed by atoms with Crippen LogP contribution in [0, 0.1) is 5.41 Å². The fourth-order valence-electron chi connectivity index (χ4n) is 1.49. The van der Waals surface area contributed by atoms with Crippen LogP contribution >= 0.6 is 0 Å². The van der Waals surface area contributed by atoms with E-state index in [0.717, 1.165) is 39.3 Å². The molecule has 94 valence electrons. The molecule has 0 N–H and O–H groups in total. The minimum atomic E-state index is -0.390. The third kappa shape index (κ3) is 4.94. The Balaban J connectivity index is 2.05. The van der Waals surface area contributed by atoms with Gasteiger partial charge in [-0.25, -0.2) is 0 Å². The van der Waals surface area contributed by atoms with Crippen LogP contribution in [-0.2, 0) is 14.3 Å². The molecule has 4 heteroatoms. The van der Waals surface area contributed by atoms with Gasteiger partial charge in [0.2, 0.25) is 0 Å². The highest BCUT2D eigenvalue weighted by Crippen LogP contribution is 2.15. The van der Waals surface area contributed by atoms with Crippen LogP contribution in [-0.4, -0.2) is 50.3 Å². The van der Waals surface area contributed by atoms with Crippen molar-refractivity contribution in [1.82, 2.24) is 4.90 Å². The summed E-state index contributed by atoms with van der Waals surface area (Å²) in [7, 11) is 0. The topological polar surface area (TPSA) is 38.8 Å². The number of rotatable bonds is 4. The lowest BCUT2D eigenvalue weighted by atomic mass is 9.97. The molecule has 0 aromatic carbocycles. The number of carbonyl (C=O) groups is 1. The fraction of sp³-hybridized carbons (Fsp3) is 0.917. The number of hydrogen-bond acceptors (Lipinski definition) is 4. The molecule has 0 aromatic rings. The van der Waals surface area contributed by atoms with E-state index in [-0.39, 0.29) is 11.4 Å². The Labute approximate surface area is 97.9 Å². The monoisotopic (exact) mass is 229 g/mol. The van der Waals surface area contributed by atoms with Crippen molar-refractivity contribution in [1.29, 1.82) is 0 Å². The Kier molecular flexibility index (Phi) is 5.22. The maximum atomic E-state index is 11.5. The first-order valence-corrected chi connectivity index (χ1v) is 5.97. The second kappa shape index (κ2) is 6.21. The van der Waals surface area contributed by atoms with Crippen LogP contribution in [0.15, 0.2) is 0 Å². The lowest BCUT2D eigenvalue weighted by molar-refractivity contribution is -0.153.